The van der Waals surface area contributed by atoms with Crippen LogP contribution in [0.25, 0.3) is 6.08 Å². The van der Waals surface area contributed by atoms with Crippen molar-refractivity contribution in [1.29, 1.82) is 5.26 Å². The van der Waals surface area contributed by atoms with E-state index in [1.54, 1.807) is 36.0 Å². The Bertz CT molecular complexity index is 787. The Labute approximate surface area is 132 Å². The number of rotatable bonds is 1. The maximum Gasteiger partial charge on any atom is 0.191 e. The molecule has 0 bridgehead atoms. The SMILES string of the molecule is N#Cc1ccc(/C=C2/CSc3ccc(Cl)cc3C2=O)cc1. The van der Waals surface area contributed by atoms with Crippen LogP contribution in [0.4, 0.5) is 0 Å². The second kappa shape index (κ2) is 5.77. The molecular weight excluding hydrogens is 302 g/mol. The molecule has 1 aliphatic heterocycles. The first-order chi connectivity index (χ1) is 10.2. The number of ketones is 1. The maximum atomic E-state index is 12.5. The molecule has 0 amide bonds. The number of hydrogen-bond acceptors (Lipinski definition) is 3. The van der Waals surface area contributed by atoms with Crippen LogP contribution in [-0.4, -0.2) is 11.5 Å². The number of carbonyl (C=O) groups excluding carboxylic acids is 1. The lowest BCUT2D eigenvalue weighted by Crippen LogP contribution is -2.12. The standard InChI is InChI=1S/C17H10ClNOS/c18-14-5-6-16-15(8-14)17(20)13(10-21-16)7-11-1-3-12(9-19)4-2-11/h1-8H,10H2/b13-7-. The van der Waals surface area contributed by atoms with E-state index in [0.29, 0.717) is 21.9 Å². The minimum absolute atomic E-state index is 0.0237. The van der Waals surface area contributed by atoms with Crippen molar-refractivity contribution in [2.45, 2.75) is 4.90 Å². The molecule has 0 fully saturated rings. The van der Waals surface area contributed by atoms with E-state index < -0.39 is 0 Å². The first-order valence-corrected chi connectivity index (χ1v) is 7.71. The summed E-state index contributed by atoms with van der Waals surface area (Å²) in [6.07, 6.45) is 1.88. The van der Waals surface area contributed by atoms with Gasteiger partial charge in [-0.05, 0) is 42.0 Å². The van der Waals surface area contributed by atoms with Crippen molar-refractivity contribution in [2.24, 2.45) is 0 Å². The molecule has 3 rings (SSSR count). The van der Waals surface area contributed by atoms with E-state index in [4.69, 9.17) is 16.9 Å². The van der Waals surface area contributed by atoms with Gasteiger partial charge in [0.1, 0.15) is 0 Å². The van der Waals surface area contributed by atoms with Gasteiger partial charge < -0.3 is 0 Å². The maximum absolute atomic E-state index is 12.5. The summed E-state index contributed by atoms with van der Waals surface area (Å²) in [6.45, 7) is 0. The van der Waals surface area contributed by atoms with E-state index in [-0.39, 0.29) is 5.78 Å². The van der Waals surface area contributed by atoms with Crippen molar-refractivity contribution in [3.63, 3.8) is 0 Å². The smallest absolute Gasteiger partial charge is 0.191 e. The quantitative estimate of drug-likeness (QED) is 0.724. The average molecular weight is 312 g/mol. The molecule has 2 nitrogen and oxygen atoms in total. The van der Waals surface area contributed by atoms with E-state index >= 15 is 0 Å². The second-order valence-electron chi connectivity index (χ2n) is 4.66. The lowest BCUT2D eigenvalue weighted by atomic mass is 10.0. The largest absolute Gasteiger partial charge is 0.289 e. The third kappa shape index (κ3) is 2.87. The predicted octanol–water partition coefficient (Wildman–Crippen LogP) is 4.58. The molecule has 1 heterocycles. The number of halogens is 1. The van der Waals surface area contributed by atoms with Crippen LogP contribution in [0.15, 0.2) is 52.9 Å². The van der Waals surface area contributed by atoms with Gasteiger partial charge in [0.05, 0.1) is 11.6 Å². The fraction of sp³-hybridized carbons (Fsp3) is 0.0588. The molecule has 1 aliphatic rings. The summed E-state index contributed by atoms with van der Waals surface area (Å²) in [5.74, 6) is 0.670. The van der Waals surface area contributed by atoms with Gasteiger partial charge in [-0.2, -0.15) is 5.26 Å². The highest BCUT2D eigenvalue weighted by Gasteiger charge is 2.22. The molecule has 0 atom stereocenters. The first-order valence-electron chi connectivity index (χ1n) is 6.35. The van der Waals surface area contributed by atoms with Crippen molar-refractivity contribution < 1.29 is 4.79 Å². The van der Waals surface area contributed by atoms with Crippen LogP contribution in [-0.2, 0) is 0 Å². The number of fused-ring (bicyclic) bond motifs is 1. The molecule has 102 valence electrons. The van der Waals surface area contributed by atoms with E-state index in [1.807, 2.05) is 24.3 Å². The summed E-state index contributed by atoms with van der Waals surface area (Å²) in [5, 5.41) is 9.36. The van der Waals surface area contributed by atoms with Gasteiger partial charge in [-0.1, -0.05) is 23.7 Å². The summed E-state index contributed by atoms with van der Waals surface area (Å²) in [5.41, 5.74) is 2.94. The predicted molar refractivity (Wildman–Crippen MR) is 85.6 cm³/mol. The number of thioether (sulfide) groups is 1. The molecular formula is C17H10ClNOS. The summed E-state index contributed by atoms with van der Waals surface area (Å²) >= 11 is 7.61. The lowest BCUT2D eigenvalue weighted by Gasteiger charge is -2.17. The van der Waals surface area contributed by atoms with Gasteiger partial charge in [0.15, 0.2) is 5.78 Å². The average Bonchev–Trinajstić information content (AvgIpc) is 2.51. The summed E-state index contributed by atoms with van der Waals surface area (Å²) in [6, 6.07) is 14.7. The van der Waals surface area contributed by atoms with Crippen LogP contribution in [0.1, 0.15) is 21.5 Å². The first kappa shape index (κ1) is 13.9. The molecule has 0 radical (unpaired) electrons. The van der Waals surface area contributed by atoms with Gasteiger partial charge in [0.2, 0.25) is 0 Å². The Morgan fingerprint density at radius 3 is 2.67 bits per heavy atom. The Hall–Kier alpha value is -2.02. The highest BCUT2D eigenvalue weighted by atomic mass is 35.5. The molecule has 0 aromatic heterocycles. The van der Waals surface area contributed by atoms with Gasteiger partial charge in [0.25, 0.3) is 0 Å². The Balaban J connectivity index is 1.95. The van der Waals surface area contributed by atoms with Gasteiger partial charge in [-0.15, -0.1) is 11.8 Å². The molecule has 0 saturated carbocycles. The number of nitrogens with zero attached hydrogens (tertiary/aromatic N) is 1. The fourth-order valence-corrected chi connectivity index (χ4v) is 3.33. The number of benzene rings is 2. The summed E-state index contributed by atoms with van der Waals surface area (Å²) in [7, 11) is 0. The highest BCUT2D eigenvalue weighted by Crippen LogP contribution is 2.34. The van der Waals surface area contributed by atoms with E-state index in [2.05, 4.69) is 6.07 Å². The monoisotopic (exact) mass is 311 g/mol. The van der Waals surface area contributed by atoms with Crippen molar-refractivity contribution in [3.05, 3.63) is 69.8 Å². The van der Waals surface area contributed by atoms with E-state index in [1.165, 1.54) is 0 Å². The van der Waals surface area contributed by atoms with Crippen molar-refractivity contribution in [1.82, 2.24) is 0 Å². The van der Waals surface area contributed by atoms with Crippen LogP contribution < -0.4 is 0 Å². The minimum Gasteiger partial charge on any atom is -0.289 e. The van der Waals surface area contributed by atoms with Gasteiger partial charge in [-0.3, -0.25) is 4.79 Å². The molecule has 4 heteroatoms. The second-order valence-corrected chi connectivity index (χ2v) is 6.12. The number of Topliss-reactive ketones (excluding diaryl/α,β-unsaturated/α-hetero) is 1. The Morgan fingerprint density at radius 2 is 1.95 bits per heavy atom. The molecule has 0 N–H and O–H groups in total. The number of nitriles is 1. The normalized spacial score (nSPS) is 15.6. The summed E-state index contributed by atoms with van der Waals surface area (Å²) < 4.78 is 0. The molecule has 0 unspecified atom stereocenters. The lowest BCUT2D eigenvalue weighted by molar-refractivity contribution is 0.103. The highest BCUT2D eigenvalue weighted by molar-refractivity contribution is 7.99. The Morgan fingerprint density at radius 1 is 1.19 bits per heavy atom. The van der Waals surface area contributed by atoms with Crippen LogP contribution in [0, 0.1) is 11.3 Å². The third-order valence-corrected chi connectivity index (χ3v) is 4.60. The van der Waals surface area contributed by atoms with Crippen molar-refractivity contribution >= 4 is 35.2 Å². The third-order valence-electron chi connectivity index (χ3n) is 3.24. The molecule has 0 saturated heterocycles. The molecule has 21 heavy (non-hydrogen) atoms. The van der Waals surface area contributed by atoms with Crippen LogP contribution in [0.2, 0.25) is 5.02 Å². The van der Waals surface area contributed by atoms with Crippen molar-refractivity contribution in [2.75, 3.05) is 5.75 Å². The molecule has 2 aromatic carbocycles. The molecule has 2 aromatic rings. The number of carbonyl (C=O) groups is 1. The van der Waals surface area contributed by atoms with Crippen LogP contribution in [0.5, 0.6) is 0 Å². The minimum atomic E-state index is 0.0237. The Kier molecular flexibility index (Phi) is 3.83. The van der Waals surface area contributed by atoms with E-state index in [0.717, 1.165) is 16.0 Å². The molecule has 0 aliphatic carbocycles. The zero-order chi connectivity index (χ0) is 14.8. The molecule has 0 spiro atoms. The van der Waals surface area contributed by atoms with Crippen LogP contribution in [0.3, 0.4) is 0 Å². The van der Waals surface area contributed by atoms with Gasteiger partial charge >= 0.3 is 0 Å². The van der Waals surface area contributed by atoms with Crippen LogP contribution >= 0.6 is 23.4 Å². The van der Waals surface area contributed by atoms with Gasteiger partial charge in [-0.25, -0.2) is 0 Å². The zero-order valence-electron chi connectivity index (χ0n) is 11.0. The fourth-order valence-electron chi connectivity index (χ4n) is 2.16. The summed E-state index contributed by atoms with van der Waals surface area (Å²) in [4.78, 5) is 13.5. The topological polar surface area (TPSA) is 40.9 Å². The van der Waals surface area contributed by atoms with E-state index in [9.17, 15) is 4.79 Å². The number of hydrogen-bond donors (Lipinski definition) is 0. The van der Waals surface area contributed by atoms with Gasteiger partial charge in [0, 0.05) is 26.8 Å². The van der Waals surface area contributed by atoms with Crippen molar-refractivity contribution in [3.8, 4) is 6.07 Å². The zero-order valence-corrected chi connectivity index (χ0v) is 12.5.